The highest BCUT2D eigenvalue weighted by molar-refractivity contribution is 6.29. The summed E-state index contributed by atoms with van der Waals surface area (Å²) in [5.74, 6) is 2.23. The summed E-state index contributed by atoms with van der Waals surface area (Å²) >= 11 is 5.99. The molecule has 1 saturated carbocycles. The molecule has 6 rings (SSSR count). The number of nitrogens with one attached hydrogen (secondary N) is 3. The zero-order chi connectivity index (χ0) is 23.3. The second kappa shape index (κ2) is 7.98. The van der Waals surface area contributed by atoms with Crippen molar-refractivity contribution >= 4 is 46.6 Å². The van der Waals surface area contributed by atoms with Gasteiger partial charge < -0.3 is 15.5 Å². The van der Waals surface area contributed by atoms with Crippen molar-refractivity contribution in [3.05, 3.63) is 53.6 Å². The van der Waals surface area contributed by atoms with E-state index in [2.05, 4.69) is 25.8 Å². The van der Waals surface area contributed by atoms with Crippen molar-refractivity contribution in [2.24, 2.45) is 0 Å². The van der Waals surface area contributed by atoms with Crippen molar-refractivity contribution in [1.82, 2.24) is 29.5 Å². The average molecular weight is 478 g/mol. The Morgan fingerprint density at radius 1 is 1.26 bits per heavy atom. The van der Waals surface area contributed by atoms with Crippen LogP contribution in [0.3, 0.4) is 0 Å². The van der Waals surface area contributed by atoms with E-state index in [1.807, 2.05) is 40.6 Å². The molecule has 2 aliphatic rings. The van der Waals surface area contributed by atoms with Crippen LogP contribution in [0.5, 0.6) is 0 Å². The fourth-order valence-electron chi connectivity index (χ4n) is 4.51. The van der Waals surface area contributed by atoms with E-state index in [4.69, 9.17) is 21.6 Å². The molecule has 34 heavy (non-hydrogen) atoms. The van der Waals surface area contributed by atoms with Crippen LogP contribution in [0.2, 0.25) is 5.15 Å². The number of fused-ring (bicyclic) bond motifs is 1. The Balaban J connectivity index is 1.31. The Morgan fingerprint density at radius 2 is 2.15 bits per heavy atom. The Hall–Kier alpha value is -3.66. The van der Waals surface area contributed by atoms with Gasteiger partial charge in [0.05, 0.1) is 0 Å². The number of nitrogens with zero attached hydrogens (tertiary/aromatic N) is 6. The molecular weight excluding hydrogens is 454 g/mol. The molecule has 3 N–H and O–H groups in total. The normalized spacial score (nSPS) is 20.1. The van der Waals surface area contributed by atoms with Crippen LogP contribution in [0.1, 0.15) is 44.2 Å². The number of amides is 1. The van der Waals surface area contributed by atoms with Crippen LogP contribution in [0.15, 0.2) is 42.7 Å². The smallest absolute Gasteiger partial charge is 0.250 e. The van der Waals surface area contributed by atoms with Crippen molar-refractivity contribution in [3.63, 3.8) is 0 Å². The zero-order valence-electron chi connectivity index (χ0n) is 18.6. The minimum atomic E-state index is -0.816. The average Bonchev–Trinajstić information content (AvgIpc) is 3.19. The van der Waals surface area contributed by atoms with Gasteiger partial charge in [0.2, 0.25) is 17.8 Å². The Bertz CT molecular complexity index is 1380. The van der Waals surface area contributed by atoms with E-state index in [9.17, 15) is 4.79 Å². The lowest BCUT2D eigenvalue weighted by molar-refractivity contribution is -0.120. The lowest BCUT2D eigenvalue weighted by Gasteiger charge is -2.34. The number of aromatic amines is 1. The third-order valence-electron chi connectivity index (χ3n) is 6.59. The number of halogens is 1. The first-order chi connectivity index (χ1) is 16.5. The Labute approximate surface area is 200 Å². The molecule has 1 aliphatic heterocycles. The lowest BCUT2D eigenvalue weighted by atomic mass is 9.97. The Morgan fingerprint density at radius 3 is 2.97 bits per heavy atom. The summed E-state index contributed by atoms with van der Waals surface area (Å²) in [6.45, 7) is 2.60. The predicted octanol–water partition coefficient (Wildman–Crippen LogP) is 4.12. The van der Waals surface area contributed by atoms with Crippen molar-refractivity contribution in [2.45, 2.75) is 44.1 Å². The number of hydrogen-bond donors (Lipinski definition) is 3. The second-order valence-corrected chi connectivity index (χ2v) is 9.43. The van der Waals surface area contributed by atoms with Gasteiger partial charge in [-0.15, -0.1) is 0 Å². The van der Waals surface area contributed by atoms with Gasteiger partial charge in [-0.3, -0.25) is 14.3 Å². The lowest BCUT2D eigenvalue weighted by Crippen LogP contribution is -2.51. The highest BCUT2D eigenvalue weighted by Crippen LogP contribution is 2.40. The molecule has 0 aromatic carbocycles. The van der Waals surface area contributed by atoms with Gasteiger partial charge in [0.15, 0.2) is 5.82 Å². The van der Waals surface area contributed by atoms with Gasteiger partial charge in [-0.1, -0.05) is 11.6 Å². The summed E-state index contributed by atoms with van der Waals surface area (Å²) < 4.78 is 1.88. The third kappa shape index (κ3) is 3.73. The highest BCUT2D eigenvalue weighted by atomic mass is 35.5. The van der Waals surface area contributed by atoms with Gasteiger partial charge in [-0.2, -0.15) is 15.1 Å². The van der Waals surface area contributed by atoms with Gasteiger partial charge in [0.25, 0.3) is 0 Å². The molecule has 1 atom stereocenters. The molecule has 1 saturated heterocycles. The van der Waals surface area contributed by atoms with E-state index >= 15 is 0 Å². The molecular formula is C23H24ClN9O. The summed E-state index contributed by atoms with van der Waals surface area (Å²) in [5, 5.41) is 14.1. The first kappa shape index (κ1) is 20.9. The number of anilines is 4. The number of hydrogen-bond acceptors (Lipinski definition) is 7. The highest BCUT2D eigenvalue weighted by Gasteiger charge is 2.45. The van der Waals surface area contributed by atoms with Crippen LogP contribution in [-0.2, 0) is 4.79 Å². The molecule has 4 aromatic heterocycles. The van der Waals surface area contributed by atoms with Crippen LogP contribution >= 0.6 is 11.6 Å². The van der Waals surface area contributed by atoms with E-state index in [0.717, 1.165) is 17.8 Å². The first-order valence-corrected chi connectivity index (χ1v) is 11.8. The van der Waals surface area contributed by atoms with Crippen LogP contribution in [0, 0.1) is 0 Å². The molecule has 1 amide bonds. The van der Waals surface area contributed by atoms with Gasteiger partial charge in [0.1, 0.15) is 16.3 Å². The topological polar surface area (TPSA) is 116 Å². The zero-order valence-corrected chi connectivity index (χ0v) is 19.4. The van der Waals surface area contributed by atoms with Crippen molar-refractivity contribution in [2.75, 3.05) is 22.1 Å². The number of aromatic nitrogens is 6. The molecule has 174 valence electrons. The van der Waals surface area contributed by atoms with Crippen LogP contribution in [-0.4, -0.2) is 47.5 Å². The molecule has 0 unspecified atom stereocenters. The first-order valence-electron chi connectivity index (χ1n) is 11.4. The maximum atomic E-state index is 13.4. The number of H-pyrrole nitrogens is 1. The molecule has 11 heteroatoms. The largest absolute Gasteiger partial charge is 0.326 e. The van der Waals surface area contributed by atoms with E-state index in [-0.39, 0.29) is 5.91 Å². The fraction of sp³-hybridized carbons (Fsp3) is 0.348. The Kier molecular flexibility index (Phi) is 4.91. The van der Waals surface area contributed by atoms with Crippen molar-refractivity contribution in [1.29, 1.82) is 0 Å². The molecule has 0 spiro atoms. The second-order valence-electron chi connectivity index (χ2n) is 9.04. The number of carbonyl (C=O) groups excluding carboxylic acids is 1. The van der Waals surface area contributed by atoms with Crippen molar-refractivity contribution in [3.8, 4) is 0 Å². The van der Waals surface area contributed by atoms with Crippen LogP contribution in [0.25, 0.3) is 5.65 Å². The van der Waals surface area contributed by atoms with Gasteiger partial charge in [-0.25, -0.2) is 4.98 Å². The van der Waals surface area contributed by atoms with E-state index in [0.29, 0.717) is 47.4 Å². The maximum Gasteiger partial charge on any atom is 0.250 e. The number of rotatable bonds is 6. The third-order valence-corrected chi connectivity index (χ3v) is 6.79. The summed E-state index contributed by atoms with van der Waals surface area (Å²) in [6, 6.07) is 9.22. The minimum Gasteiger partial charge on any atom is -0.326 e. The van der Waals surface area contributed by atoms with Crippen LogP contribution in [0.4, 0.5) is 23.4 Å². The van der Waals surface area contributed by atoms with Gasteiger partial charge in [-0.05, 0) is 56.9 Å². The molecule has 0 radical (unpaired) electrons. The quantitative estimate of drug-likeness (QED) is 0.358. The summed E-state index contributed by atoms with van der Waals surface area (Å²) in [4.78, 5) is 28.9. The SMILES string of the molecule is C[C@@]1(C(=O)Nc2ccnc(Cl)c2)CCCN1c1nc(Nc2cc(C3CC3)[nH]n2)n2cccc2n1. The molecule has 10 nitrogen and oxygen atoms in total. The van der Waals surface area contributed by atoms with Crippen molar-refractivity contribution < 1.29 is 4.79 Å². The standard InChI is InChI=1S/C23H24ClN9O/c1-23(20(34)26-15-7-9-25-17(24)12-15)8-3-11-33(23)22-28-19-4-2-10-32(19)21(29-22)27-18-13-16(30-31-18)14-5-6-14/h2,4,7,9-10,12-14H,3,5-6,8,11H2,1H3,(H,25,26,34)(H2,27,28,29,30,31)/t23-/m0/s1. The number of carbonyl (C=O) groups is 1. The molecule has 1 aliphatic carbocycles. The monoisotopic (exact) mass is 477 g/mol. The molecule has 2 fully saturated rings. The summed E-state index contributed by atoms with van der Waals surface area (Å²) in [5.41, 5.74) is 1.67. The van der Waals surface area contributed by atoms with E-state index in [1.54, 1.807) is 18.3 Å². The predicted molar refractivity (Wildman–Crippen MR) is 130 cm³/mol. The fourth-order valence-corrected chi connectivity index (χ4v) is 4.69. The molecule has 4 aromatic rings. The summed E-state index contributed by atoms with van der Waals surface area (Å²) in [7, 11) is 0. The van der Waals surface area contributed by atoms with E-state index in [1.165, 1.54) is 12.8 Å². The molecule has 0 bridgehead atoms. The van der Waals surface area contributed by atoms with Gasteiger partial charge in [0, 0.05) is 42.3 Å². The number of pyridine rings is 1. The van der Waals surface area contributed by atoms with Crippen LogP contribution < -0.4 is 15.5 Å². The van der Waals surface area contributed by atoms with E-state index < -0.39 is 5.54 Å². The maximum absolute atomic E-state index is 13.4. The minimum absolute atomic E-state index is 0.137. The van der Waals surface area contributed by atoms with Gasteiger partial charge >= 0.3 is 0 Å². The molecule has 5 heterocycles. The summed E-state index contributed by atoms with van der Waals surface area (Å²) in [6.07, 6.45) is 7.39.